The molecular weight excluding hydrogens is 252 g/mol. The number of aliphatic hydroxyl groups excluding tert-OH is 1. The van der Waals surface area contributed by atoms with Gasteiger partial charge in [-0.3, -0.25) is 0 Å². The SMILES string of the molecule is CCOC1(C(O)CC2CCOCC2)CCC(C)(C)CC1. The van der Waals surface area contributed by atoms with Crippen molar-refractivity contribution in [3.63, 3.8) is 0 Å². The maximum absolute atomic E-state index is 10.8. The van der Waals surface area contributed by atoms with Crippen LogP contribution in [0.1, 0.15) is 65.7 Å². The van der Waals surface area contributed by atoms with Crippen LogP contribution in [0.3, 0.4) is 0 Å². The van der Waals surface area contributed by atoms with E-state index in [1.54, 1.807) is 0 Å². The lowest BCUT2D eigenvalue weighted by atomic mass is 9.68. The van der Waals surface area contributed by atoms with Crippen molar-refractivity contribution in [2.45, 2.75) is 77.4 Å². The van der Waals surface area contributed by atoms with Crippen LogP contribution in [0.25, 0.3) is 0 Å². The quantitative estimate of drug-likeness (QED) is 0.839. The maximum atomic E-state index is 10.8. The summed E-state index contributed by atoms with van der Waals surface area (Å²) in [6.45, 7) is 9.10. The lowest BCUT2D eigenvalue weighted by Gasteiger charge is -2.46. The standard InChI is InChI=1S/C17H32O3/c1-4-20-17(9-7-16(2,3)8-10-17)15(18)13-14-5-11-19-12-6-14/h14-15,18H,4-13H2,1-3H3. The van der Waals surface area contributed by atoms with E-state index in [0.29, 0.717) is 17.9 Å². The Morgan fingerprint density at radius 1 is 1.15 bits per heavy atom. The summed E-state index contributed by atoms with van der Waals surface area (Å²) in [5.74, 6) is 0.603. The Hall–Kier alpha value is -0.120. The summed E-state index contributed by atoms with van der Waals surface area (Å²) < 4.78 is 11.5. The Morgan fingerprint density at radius 3 is 2.30 bits per heavy atom. The Kier molecular flexibility index (Phi) is 5.49. The second-order valence-electron chi connectivity index (χ2n) is 7.47. The second-order valence-corrected chi connectivity index (χ2v) is 7.47. The zero-order chi connectivity index (χ0) is 14.6. The van der Waals surface area contributed by atoms with Crippen LogP contribution < -0.4 is 0 Å². The molecule has 2 fully saturated rings. The number of aliphatic hydroxyl groups is 1. The molecule has 1 atom stereocenters. The largest absolute Gasteiger partial charge is 0.390 e. The molecular formula is C17H32O3. The molecule has 1 aliphatic carbocycles. The van der Waals surface area contributed by atoms with Crippen LogP contribution in [0.5, 0.6) is 0 Å². The molecule has 0 aromatic heterocycles. The monoisotopic (exact) mass is 284 g/mol. The van der Waals surface area contributed by atoms with E-state index in [9.17, 15) is 5.11 Å². The zero-order valence-electron chi connectivity index (χ0n) is 13.5. The molecule has 0 spiro atoms. The van der Waals surface area contributed by atoms with Gasteiger partial charge in [0.1, 0.15) is 0 Å². The highest BCUT2D eigenvalue weighted by Crippen LogP contribution is 2.45. The van der Waals surface area contributed by atoms with Gasteiger partial charge < -0.3 is 14.6 Å². The Morgan fingerprint density at radius 2 is 1.75 bits per heavy atom. The van der Waals surface area contributed by atoms with Gasteiger partial charge in [0.15, 0.2) is 0 Å². The van der Waals surface area contributed by atoms with Crippen LogP contribution >= 0.6 is 0 Å². The van der Waals surface area contributed by atoms with E-state index in [4.69, 9.17) is 9.47 Å². The maximum Gasteiger partial charge on any atom is 0.0940 e. The van der Waals surface area contributed by atoms with Crippen molar-refractivity contribution in [2.75, 3.05) is 19.8 Å². The summed E-state index contributed by atoms with van der Waals surface area (Å²) in [5, 5.41) is 10.8. The van der Waals surface area contributed by atoms with Crippen LogP contribution in [0.15, 0.2) is 0 Å². The molecule has 1 heterocycles. The summed E-state index contributed by atoms with van der Waals surface area (Å²) in [4.78, 5) is 0. The molecule has 2 rings (SSSR count). The minimum Gasteiger partial charge on any atom is -0.390 e. The summed E-state index contributed by atoms with van der Waals surface area (Å²) in [6, 6.07) is 0. The lowest BCUT2D eigenvalue weighted by molar-refractivity contribution is -0.158. The second kappa shape index (κ2) is 6.76. The van der Waals surface area contributed by atoms with Gasteiger partial charge in [-0.15, -0.1) is 0 Å². The van der Waals surface area contributed by atoms with E-state index < -0.39 is 0 Å². The fraction of sp³-hybridized carbons (Fsp3) is 1.00. The first-order valence-electron chi connectivity index (χ1n) is 8.37. The third-order valence-electron chi connectivity index (χ3n) is 5.39. The fourth-order valence-corrected chi connectivity index (χ4v) is 3.72. The summed E-state index contributed by atoms with van der Waals surface area (Å²) in [6.07, 6.45) is 7.03. The van der Waals surface area contributed by atoms with Gasteiger partial charge in [0.2, 0.25) is 0 Å². The lowest BCUT2D eigenvalue weighted by Crippen LogP contribution is -2.50. The molecule has 0 aromatic carbocycles. The van der Waals surface area contributed by atoms with Crippen LogP contribution in [0.4, 0.5) is 0 Å². The van der Waals surface area contributed by atoms with Gasteiger partial charge in [-0.25, -0.2) is 0 Å². The van der Waals surface area contributed by atoms with Crippen molar-refractivity contribution in [2.24, 2.45) is 11.3 Å². The first-order valence-corrected chi connectivity index (χ1v) is 8.37. The first-order chi connectivity index (χ1) is 9.47. The third kappa shape index (κ3) is 3.96. The molecule has 1 saturated heterocycles. The third-order valence-corrected chi connectivity index (χ3v) is 5.39. The number of rotatable bonds is 5. The Bertz CT molecular complexity index is 285. The molecule has 3 heteroatoms. The molecule has 1 N–H and O–H groups in total. The van der Waals surface area contributed by atoms with Crippen molar-refractivity contribution >= 4 is 0 Å². The molecule has 1 aliphatic heterocycles. The Balaban J connectivity index is 1.96. The van der Waals surface area contributed by atoms with Gasteiger partial charge in [0.25, 0.3) is 0 Å². The number of hydrogen-bond acceptors (Lipinski definition) is 3. The van der Waals surface area contributed by atoms with E-state index in [-0.39, 0.29) is 11.7 Å². The van der Waals surface area contributed by atoms with Crippen molar-refractivity contribution in [1.29, 1.82) is 0 Å². The topological polar surface area (TPSA) is 38.7 Å². The molecule has 0 radical (unpaired) electrons. The molecule has 0 aromatic rings. The average Bonchev–Trinajstić information content (AvgIpc) is 2.43. The van der Waals surface area contributed by atoms with Crippen LogP contribution in [-0.4, -0.2) is 36.6 Å². The predicted molar refractivity (Wildman–Crippen MR) is 80.8 cm³/mol. The molecule has 0 amide bonds. The smallest absolute Gasteiger partial charge is 0.0940 e. The van der Waals surface area contributed by atoms with Crippen molar-refractivity contribution in [1.82, 2.24) is 0 Å². The van der Waals surface area contributed by atoms with E-state index >= 15 is 0 Å². The molecule has 1 unspecified atom stereocenters. The van der Waals surface area contributed by atoms with E-state index in [2.05, 4.69) is 13.8 Å². The minimum atomic E-state index is -0.318. The van der Waals surface area contributed by atoms with Gasteiger partial charge in [-0.1, -0.05) is 13.8 Å². The highest BCUT2D eigenvalue weighted by Gasteiger charge is 2.44. The van der Waals surface area contributed by atoms with E-state index in [1.165, 1.54) is 0 Å². The normalized spacial score (nSPS) is 28.2. The zero-order valence-corrected chi connectivity index (χ0v) is 13.5. The first kappa shape index (κ1) is 16.3. The predicted octanol–water partition coefficient (Wildman–Crippen LogP) is 3.54. The van der Waals surface area contributed by atoms with Crippen molar-refractivity contribution < 1.29 is 14.6 Å². The number of hydrogen-bond donors (Lipinski definition) is 1. The molecule has 118 valence electrons. The minimum absolute atomic E-state index is 0.289. The fourth-order valence-electron chi connectivity index (χ4n) is 3.72. The van der Waals surface area contributed by atoms with Crippen LogP contribution in [-0.2, 0) is 9.47 Å². The van der Waals surface area contributed by atoms with E-state index in [0.717, 1.165) is 58.2 Å². The molecule has 3 nitrogen and oxygen atoms in total. The summed E-state index contributed by atoms with van der Waals surface area (Å²) in [7, 11) is 0. The molecule has 0 bridgehead atoms. The Labute approximate surface area is 124 Å². The molecule has 1 saturated carbocycles. The van der Waals surface area contributed by atoms with Crippen LogP contribution in [0.2, 0.25) is 0 Å². The summed E-state index contributed by atoms with van der Waals surface area (Å²) in [5.41, 5.74) is 0.113. The average molecular weight is 284 g/mol. The van der Waals surface area contributed by atoms with Gasteiger partial charge >= 0.3 is 0 Å². The van der Waals surface area contributed by atoms with Gasteiger partial charge in [-0.2, -0.15) is 0 Å². The highest BCUT2D eigenvalue weighted by atomic mass is 16.5. The molecule has 20 heavy (non-hydrogen) atoms. The molecule has 2 aliphatic rings. The van der Waals surface area contributed by atoms with Crippen molar-refractivity contribution in [3.05, 3.63) is 0 Å². The van der Waals surface area contributed by atoms with E-state index in [1.807, 2.05) is 6.92 Å². The van der Waals surface area contributed by atoms with Crippen LogP contribution in [0, 0.1) is 11.3 Å². The van der Waals surface area contributed by atoms with Gasteiger partial charge in [0, 0.05) is 19.8 Å². The summed E-state index contributed by atoms with van der Waals surface area (Å²) >= 11 is 0. The van der Waals surface area contributed by atoms with Crippen molar-refractivity contribution in [3.8, 4) is 0 Å². The number of ether oxygens (including phenoxy) is 2. The highest BCUT2D eigenvalue weighted by molar-refractivity contribution is 4.96. The van der Waals surface area contributed by atoms with Gasteiger partial charge in [-0.05, 0) is 63.2 Å². The van der Waals surface area contributed by atoms with Gasteiger partial charge in [0.05, 0.1) is 11.7 Å².